The number of nitrogens with one attached hydrogen (secondary N) is 1. The number of amides is 2. The molecule has 0 radical (unpaired) electrons. The number of carbonyl (C=O) groups is 2. The predicted octanol–water partition coefficient (Wildman–Crippen LogP) is 4.05. The van der Waals surface area contributed by atoms with Crippen LogP contribution in [0.2, 0.25) is 0 Å². The molecular formula is C19H26FN3O2S. The highest BCUT2D eigenvalue weighted by Crippen LogP contribution is 2.30. The van der Waals surface area contributed by atoms with E-state index in [1.807, 2.05) is 0 Å². The number of thioether (sulfide) groups is 1. The molecule has 1 aliphatic heterocycles. The molecule has 1 saturated heterocycles. The maximum atomic E-state index is 12.9. The first-order valence-electron chi connectivity index (χ1n) is 9.13. The molecule has 1 N–H and O–H groups in total. The van der Waals surface area contributed by atoms with Crippen molar-refractivity contribution in [2.24, 2.45) is 4.99 Å². The van der Waals surface area contributed by atoms with Gasteiger partial charge in [0.15, 0.2) is 5.17 Å². The Kier molecular flexibility index (Phi) is 8.09. The number of carbonyl (C=O) groups excluding carboxylic acids is 2. The molecule has 7 heteroatoms. The number of benzene rings is 1. The van der Waals surface area contributed by atoms with Gasteiger partial charge in [-0.2, -0.15) is 0 Å². The molecule has 0 unspecified atom stereocenters. The zero-order valence-electron chi connectivity index (χ0n) is 15.3. The van der Waals surface area contributed by atoms with Crippen LogP contribution in [-0.2, 0) is 9.59 Å². The van der Waals surface area contributed by atoms with Crippen LogP contribution in [-0.4, -0.2) is 40.2 Å². The van der Waals surface area contributed by atoms with Gasteiger partial charge >= 0.3 is 0 Å². The minimum absolute atomic E-state index is 0.0482. The smallest absolute Gasteiger partial charge is 0.242 e. The monoisotopic (exact) mass is 379 g/mol. The van der Waals surface area contributed by atoms with Crippen LogP contribution in [0.1, 0.15) is 46.0 Å². The molecule has 0 spiro atoms. The van der Waals surface area contributed by atoms with Crippen LogP contribution in [0, 0.1) is 5.82 Å². The van der Waals surface area contributed by atoms with Gasteiger partial charge in [0, 0.05) is 25.2 Å². The summed E-state index contributed by atoms with van der Waals surface area (Å²) in [6.07, 6.45) is 4.01. The van der Waals surface area contributed by atoms with Gasteiger partial charge in [0.05, 0.1) is 0 Å². The number of hydrogen-bond donors (Lipinski definition) is 1. The maximum Gasteiger partial charge on any atom is 0.242 e. The van der Waals surface area contributed by atoms with E-state index in [-0.39, 0.29) is 24.1 Å². The highest BCUT2D eigenvalue weighted by Gasteiger charge is 2.38. The molecule has 1 aromatic carbocycles. The third kappa shape index (κ3) is 5.83. The van der Waals surface area contributed by atoms with Crippen LogP contribution in [0.25, 0.3) is 0 Å². The number of hydrogen-bond acceptors (Lipinski definition) is 4. The minimum Gasteiger partial charge on any atom is -0.326 e. The van der Waals surface area contributed by atoms with Gasteiger partial charge in [0.2, 0.25) is 11.8 Å². The van der Waals surface area contributed by atoms with Gasteiger partial charge in [-0.3, -0.25) is 19.5 Å². The first-order valence-corrected chi connectivity index (χ1v) is 10.0. The van der Waals surface area contributed by atoms with Crippen molar-refractivity contribution in [1.29, 1.82) is 0 Å². The Morgan fingerprint density at radius 2 is 1.92 bits per heavy atom. The van der Waals surface area contributed by atoms with Crippen molar-refractivity contribution >= 4 is 34.4 Å². The molecule has 0 aromatic heterocycles. The summed E-state index contributed by atoms with van der Waals surface area (Å²) in [4.78, 5) is 31.2. The normalized spacial score (nSPS) is 18.6. The van der Waals surface area contributed by atoms with E-state index < -0.39 is 5.25 Å². The van der Waals surface area contributed by atoms with Crippen LogP contribution >= 0.6 is 11.8 Å². The second-order valence-electron chi connectivity index (χ2n) is 6.23. The molecule has 142 valence electrons. The lowest BCUT2D eigenvalue weighted by atomic mass is 10.2. The van der Waals surface area contributed by atoms with Crippen LogP contribution < -0.4 is 5.32 Å². The molecule has 1 heterocycles. The summed E-state index contributed by atoms with van der Waals surface area (Å²) in [5.74, 6) is -0.662. The van der Waals surface area contributed by atoms with Crippen molar-refractivity contribution < 1.29 is 14.0 Å². The van der Waals surface area contributed by atoms with Crippen molar-refractivity contribution in [3.63, 3.8) is 0 Å². The van der Waals surface area contributed by atoms with E-state index in [1.54, 1.807) is 4.90 Å². The SMILES string of the molecule is CCCCN=C1S[C@H](CC(=O)Nc2ccc(F)cc2)C(=O)N1CCCC. The molecule has 1 fully saturated rings. The van der Waals surface area contributed by atoms with E-state index in [1.165, 1.54) is 36.0 Å². The van der Waals surface area contributed by atoms with E-state index in [2.05, 4.69) is 24.2 Å². The molecular weight excluding hydrogens is 353 g/mol. The van der Waals surface area contributed by atoms with Gasteiger partial charge in [-0.15, -0.1) is 0 Å². The van der Waals surface area contributed by atoms with Crippen LogP contribution in [0.3, 0.4) is 0 Å². The average molecular weight is 380 g/mol. The molecule has 5 nitrogen and oxygen atoms in total. The number of nitrogens with zero attached hydrogens (tertiary/aromatic N) is 2. The van der Waals surface area contributed by atoms with Crippen molar-refractivity contribution in [3.05, 3.63) is 30.1 Å². The molecule has 1 atom stereocenters. The van der Waals surface area contributed by atoms with E-state index in [4.69, 9.17) is 0 Å². The van der Waals surface area contributed by atoms with Crippen LogP contribution in [0.4, 0.5) is 10.1 Å². The third-order valence-electron chi connectivity index (χ3n) is 4.01. The second-order valence-corrected chi connectivity index (χ2v) is 7.40. The molecule has 26 heavy (non-hydrogen) atoms. The fourth-order valence-corrected chi connectivity index (χ4v) is 3.72. The molecule has 0 aliphatic carbocycles. The van der Waals surface area contributed by atoms with Gasteiger partial charge in [-0.05, 0) is 37.1 Å². The lowest BCUT2D eigenvalue weighted by Crippen LogP contribution is -2.34. The number of amidine groups is 1. The summed E-state index contributed by atoms with van der Waals surface area (Å²) in [5, 5.41) is 2.99. The number of aliphatic imine (C=N–C) groups is 1. The van der Waals surface area contributed by atoms with Gasteiger partial charge in [0.1, 0.15) is 11.1 Å². The zero-order chi connectivity index (χ0) is 18.9. The van der Waals surface area contributed by atoms with Gasteiger partial charge in [-0.1, -0.05) is 38.5 Å². The fraction of sp³-hybridized carbons (Fsp3) is 0.526. The van der Waals surface area contributed by atoms with E-state index in [0.717, 1.165) is 30.9 Å². The molecule has 2 rings (SSSR count). The average Bonchev–Trinajstić information content (AvgIpc) is 2.90. The standard InChI is InChI=1S/C19H26FN3O2S/c1-3-5-11-21-19-23(12-6-4-2)18(25)16(26-19)13-17(24)22-15-9-7-14(20)8-10-15/h7-10,16H,3-6,11-13H2,1-2H3,(H,22,24)/t16-/m1/s1. The summed E-state index contributed by atoms with van der Waals surface area (Å²) >= 11 is 1.37. The summed E-state index contributed by atoms with van der Waals surface area (Å²) in [7, 11) is 0. The number of anilines is 1. The Labute approximate surface area is 158 Å². The van der Waals surface area contributed by atoms with Crippen molar-refractivity contribution in [3.8, 4) is 0 Å². The first-order chi connectivity index (χ1) is 12.5. The van der Waals surface area contributed by atoms with Crippen LogP contribution in [0.15, 0.2) is 29.3 Å². The predicted molar refractivity (Wildman–Crippen MR) is 105 cm³/mol. The maximum absolute atomic E-state index is 12.9. The largest absolute Gasteiger partial charge is 0.326 e. The lowest BCUT2D eigenvalue weighted by Gasteiger charge is -2.15. The minimum atomic E-state index is -0.451. The van der Waals surface area contributed by atoms with Crippen molar-refractivity contribution in [2.75, 3.05) is 18.4 Å². The van der Waals surface area contributed by atoms with E-state index in [9.17, 15) is 14.0 Å². The Balaban J connectivity index is 1.98. The molecule has 1 aliphatic rings. The van der Waals surface area contributed by atoms with E-state index in [0.29, 0.717) is 18.8 Å². The first kappa shape index (κ1) is 20.4. The van der Waals surface area contributed by atoms with Gasteiger partial charge in [-0.25, -0.2) is 4.39 Å². The molecule has 1 aromatic rings. The summed E-state index contributed by atoms with van der Waals surface area (Å²) in [6.45, 7) is 5.52. The Bertz CT molecular complexity index is 649. The summed E-state index contributed by atoms with van der Waals surface area (Å²) in [5.41, 5.74) is 0.520. The number of rotatable bonds is 9. The Morgan fingerprint density at radius 3 is 2.58 bits per heavy atom. The molecule has 0 bridgehead atoms. The van der Waals surface area contributed by atoms with Gasteiger partial charge < -0.3 is 5.32 Å². The van der Waals surface area contributed by atoms with E-state index >= 15 is 0 Å². The highest BCUT2D eigenvalue weighted by molar-refractivity contribution is 8.15. The number of unbranched alkanes of at least 4 members (excludes halogenated alkanes) is 2. The fourth-order valence-electron chi connectivity index (χ4n) is 2.53. The topological polar surface area (TPSA) is 61.8 Å². The number of halogens is 1. The summed E-state index contributed by atoms with van der Waals surface area (Å²) in [6, 6.07) is 5.58. The third-order valence-corrected chi connectivity index (χ3v) is 5.23. The Hall–Kier alpha value is -1.89. The Morgan fingerprint density at radius 1 is 1.23 bits per heavy atom. The highest BCUT2D eigenvalue weighted by atomic mass is 32.2. The quantitative estimate of drug-likeness (QED) is 0.658. The van der Waals surface area contributed by atoms with Crippen molar-refractivity contribution in [2.45, 2.75) is 51.2 Å². The van der Waals surface area contributed by atoms with Crippen LogP contribution in [0.5, 0.6) is 0 Å². The second kappa shape index (κ2) is 10.3. The summed E-state index contributed by atoms with van der Waals surface area (Å²) < 4.78 is 12.9. The van der Waals surface area contributed by atoms with Crippen molar-refractivity contribution in [1.82, 2.24) is 4.90 Å². The zero-order valence-corrected chi connectivity index (χ0v) is 16.2. The molecule has 0 saturated carbocycles. The van der Waals surface area contributed by atoms with Gasteiger partial charge in [0.25, 0.3) is 0 Å². The molecule has 2 amide bonds. The lowest BCUT2D eigenvalue weighted by molar-refractivity contribution is -0.128.